The highest BCUT2D eigenvalue weighted by Crippen LogP contribution is 2.32. The Bertz CT molecular complexity index is 384. The van der Waals surface area contributed by atoms with E-state index in [1.807, 2.05) is 0 Å². The summed E-state index contributed by atoms with van der Waals surface area (Å²) in [7, 11) is 0. The Hall–Kier alpha value is -1.53. The van der Waals surface area contributed by atoms with Gasteiger partial charge in [0.2, 0.25) is 5.76 Å². The lowest BCUT2D eigenvalue weighted by atomic mass is 10.3. The normalized spacial score (nSPS) is 11.6. The summed E-state index contributed by atoms with van der Waals surface area (Å²) in [6.07, 6.45) is -4.55. The lowest BCUT2D eigenvalue weighted by Gasteiger charge is -2.03. The van der Waals surface area contributed by atoms with E-state index in [1.54, 1.807) is 6.92 Å². The molecule has 0 aliphatic carbocycles. The van der Waals surface area contributed by atoms with Gasteiger partial charge in [-0.1, -0.05) is 6.92 Å². The van der Waals surface area contributed by atoms with Crippen molar-refractivity contribution in [1.82, 2.24) is 4.98 Å². The van der Waals surface area contributed by atoms with Crippen LogP contribution in [0.3, 0.4) is 0 Å². The first-order chi connectivity index (χ1) is 7.40. The molecule has 0 aliphatic rings. The van der Waals surface area contributed by atoms with Crippen LogP contribution < -0.4 is 0 Å². The van der Waals surface area contributed by atoms with Crippen LogP contribution in [0.4, 0.5) is 13.2 Å². The van der Waals surface area contributed by atoms with Crippen LogP contribution in [-0.2, 0) is 17.3 Å². The summed E-state index contributed by atoms with van der Waals surface area (Å²) in [4.78, 5) is 14.4. The molecular weight excluding hydrogens is 227 g/mol. The van der Waals surface area contributed by atoms with Crippen LogP contribution in [0, 0.1) is 0 Å². The number of alkyl halides is 3. The number of oxazole rings is 1. The summed E-state index contributed by atoms with van der Waals surface area (Å²) in [6, 6.07) is 0. The van der Waals surface area contributed by atoms with Gasteiger partial charge in [0.1, 0.15) is 0 Å². The second kappa shape index (κ2) is 4.54. The highest BCUT2D eigenvalue weighted by molar-refractivity contribution is 5.87. The van der Waals surface area contributed by atoms with Gasteiger partial charge >= 0.3 is 12.1 Å². The Morgan fingerprint density at radius 2 is 2.06 bits per heavy atom. The predicted molar refractivity (Wildman–Crippen MR) is 46.8 cm³/mol. The first-order valence-corrected chi connectivity index (χ1v) is 4.64. The number of esters is 1. The molecule has 0 fully saturated rings. The number of aromatic nitrogens is 1. The van der Waals surface area contributed by atoms with Gasteiger partial charge in [0.15, 0.2) is 11.6 Å². The predicted octanol–water partition coefficient (Wildman–Crippen LogP) is 2.43. The number of rotatable bonds is 3. The third-order valence-corrected chi connectivity index (χ3v) is 1.70. The maximum absolute atomic E-state index is 12.5. The standard InChI is InChI=1S/C9H10F3NO3/c1-3-5-13-7(9(10,11)12)6(16-5)8(14)15-4-2/h3-4H2,1-2H3. The summed E-state index contributed by atoms with van der Waals surface area (Å²) >= 11 is 0. The fourth-order valence-corrected chi connectivity index (χ4v) is 1.04. The van der Waals surface area contributed by atoms with Crippen LogP contribution in [0.5, 0.6) is 0 Å². The van der Waals surface area contributed by atoms with Gasteiger partial charge in [-0.3, -0.25) is 0 Å². The minimum absolute atomic E-state index is 0.0295. The van der Waals surface area contributed by atoms with Gasteiger partial charge in [0.25, 0.3) is 0 Å². The van der Waals surface area contributed by atoms with Gasteiger partial charge in [-0.15, -0.1) is 0 Å². The van der Waals surface area contributed by atoms with Crippen molar-refractivity contribution in [3.8, 4) is 0 Å². The van der Waals surface area contributed by atoms with E-state index >= 15 is 0 Å². The molecule has 4 nitrogen and oxygen atoms in total. The van der Waals surface area contributed by atoms with Crippen molar-refractivity contribution >= 4 is 5.97 Å². The summed E-state index contributed by atoms with van der Waals surface area (Å²) in [5, 5.41) is 0. The molecule has 90 valence electrons. The molecule has 1 heterocycles. The van der Waals surface area contributed by atoms with E-state index < -0.39 is 23.6 Å². The summed E-state index contributed by atoms with van der Waals surface area (Å²) in [6.45, 7) is 3.03. The van der Waals surface area contributed by atoms with E-state index in [0.29, 0.717) is 0 Å². The molecule has 0 saturated heterocycles. The number of carbonyl (C=O) groups is 1. The molecule has 7 heteroatoms. The maximum atomic E-state index is 12.5. The van der Waals surface area contributed by atoms with Crippen molar-refractivity contribution in [1.29, 1.82) is 0 Å². The number of hydrogen-bond donors (Lipinski definition) is 0. The number of halogens is 3. The first kappa shape index (κ1) is 12.5. The third-order valence-electron chi connectivity index (χ3n) is 1.70. The van der Waals surface area contributed by atoms with Crippen LogP contribution in [0.25, 0.3) is 0 Å². The van der Waals surface area contributed by atoms with Gasteiger partial charge in [-0.05, 0) is 6.92 Å². The quantitative estimate of drug-likeness (QED) is 0.757. The molecule has 0 amide bonds. The SMILES string of the molecule is CCOC(=O)c1oc(CC)nc1C(F)(F)F. The van der Waals surface area contributed by atoms with Crippen LogP contribution in [0.2, 0.25) is 0 Å². The average Bonchev–Trinajstić information content (AvgIpc) is 2.61. The van der Waals surface area contributed by atoms with Gasteiger partial charge in [0.05, 0.1) is 6.61 Å². The molecule has 1 aromatic rings. The minimum Gasteiger partial charge on any atom is -0.460 e. The minimum atomic E-state index is -4.72. The van der Waals surface area contributed by atoms with Crippen molar-refractivity contribution in [3.63, 3.8) is 0 Å². The van der Waals surface area contributed by atoms with E-state index in [4.69, 9.17) is 4.42 Å². The lowest BCUT2D eigenvalue weighted by molar-refractivity contribution is -0.141. The summed E-state index contributed by atoms with van der Waals surface area (Å²) in [5.41, 5.74) is -1.33. The second-order valence-corrected chi connectivity index (χ2v) is 2.86. The van der Waals surface area contributed by atoms with E-state index in [9.17, 15) is 18.0 Å². The summed E-state index contributed by atoms with van der Waals surface area (Å²) < 4.78 is 46.6. The monoisotopic (exact) mass is 237 g/mol. The Labute approximate surface area is 89.4 Å². The zero-order valence-corrected chi connectivity index (χ0v) is 8.72. The molecule has 1 rings (SSSR count). The summed E-state index contributed by atoms with van der Waals surface area (Å²) in [5.74, 6) is -2.18. The van der Waals surface area contributed by atoms with E-state index in [-0.39, 0.29) is 18.9 Å². The zero-order valence-electron chi connectivity index (χ0n) is 8.72. The lowest BCUT2D eigenvalue weighted by Crippen LogP contribution is -2.14. The molecule has 0 radical (unpaired) electrons. The van der Waals surface area contributed by atoms with Crippen molar-refractivity contribution in [2.45, 2.75) is 26.4 Å². The smallest absolute Gasteiger partial charge is 0.437 e. The van der Waals surface area contributed by atoms with E-state index in [0.717, 1.165) is 0 Å². The average molecular weight is 237 g/mol. The number of nitrogens with zero attached hydrogens (tertiary/aromatic N) is 1. The Morgan fingerprint density at radius 3 is 2.50 bits per heavy atom. The topological polar surface area (TPSA) is 52.3 Å². The van der Waals surface area contributed by atoms with Crippen molar-refractivity contribution in [2.75, 3.05) is 6.61 Å². The Morgan fingerprint density at radius 1 is 1.44 bits per heavy atom. The van der Waals surface area contributed by atoms with Crippen molar-refractivity contribution in [2.24, 2.45) is 0 Å². The molecule has 0 aromatic carbocycles. The molecule has 0 saturated carbocycles. The number of ether oxygens (including phenoxy) is 1. The third kappa shape index (κ3) is 2.53. The Kier molecular flexibility index (Phi) is 3.56. The van der Waals surface area contributed by atoms with Gasteiger partial charge in [-0.25, -0.2) is 9.78 Å². The van der Waals surface area contributed by atoms with E-state index in [1.165, 1.54) is 6.92 Å². The molecule has 1 aromatic heterocycles. The Balaban J connectivity index is 3.15. The molecule has 16 heavy (non-hydrogen) atoms. The molecule has 0 N–H and O–H groups in total. The highest BCUT2D eigenvalue weighted by Gasteiger charge is 2.41. The fourth-order valence-electron chi connectivity index (χ4n) is 1.04. The second-order valence-electron chi connectivity index (χ2n) is 2.86. The number of aryl methyl sites for hydroxylation is 1. The molecule has 0 unspecified atom stereocenters. The van der Waals surface area contributed by atoms with Gasteiger partial charge in [-0.2, -0.15) is 13.2 Å². The molecular formula is C9H10F3NO3. The highest BCUT2D eigenvalue weighted by atomic mass is 19.4. The molecule has 0 bridgehead atoms. The molecule has 0 aliphatic heterocycles. The van der Waals surface area contributed by atoms with Gasteiger partial charge < -0.3 is 9.15 Å². The molecule has 0 atom stereocenters. The van der Waals surface area contributed by atoms with Crippen LogP contribution in [-0.4, -0.2) is 17.6 Å². The van der Waals surface area contributed by atoms with Gasteiger partial charge in [0, 0.05) is 6.42 Å². The number of hydrogen-bond acceptors (Lipinski definition) is 4. The first-order valence-electron chi connectivity index (χ1n) is 4.64. The largest absolute Gasteiger partial charge is 0.460 e. The van der Waals surface area contributed by atoms with E-state index in [2.05, 4.69) is 9.72 Å². The van der Waals surface area contributed by atoms with Crippen LogP contribution >= 0.6 is 0 Å². The number of carbonyl (C=O) groups excluding carboxylic acids is 1. The van der Waals surface area contributed by atoms with Crippen molar-refractivity contribution in [3.05, 3.63) is 17.3 Å². The molecule has 0 spiro atoms. The maximum Gasteiger partial charge on any atom is 0.437 e. The van der Waals surface area contributed by atoms with Crippen LogP contribution in [0.15, 0.2) is 4.42 Å². The van der Waals surface area contributed by atoms with Crippen molar-refractivity contribution < 1.29 is 27.1 Å². The zero-order chi connectivity index (χ0) is 12.3. The van der Waals surface area contributed by atoms with Crippen LogP contribution in [0.1, 0.15) is 36.0 Å². The fraction of sp³-hybridized carbons (Fsp3) is 0.556.